The van der Waals surface area contributed by atoms with Crippen molar-refractivity contribution >= 4 is 38.7 Å². The molecule has 164 valence electrons. The molecule has 1 unspecified atom stereocenters. The first kappa shape index (κ1) is 23.7. The van der Waals surface area contributed by atoms with Crippen LogP contribution in [0.2, 0.25) is 0 Å². The highest BCUT2D eigenvalue weighted by Gasteiger charge is 2.22. The molecule has 2 aromatic rings. The third kappa shape index (κ3) is 8.45. The van der Waals surface area contributed by atoms with Crippen LogP contribution in [-0.2, 0) is 19.7 Å². The van der Waals surface area contributed by atoms with Crippen molar-refractivity contribution < 1.29 is 22.7 Å². The van der Waals surface area contributed by atoms with E-state index in [1.807, 2.05) is 35.7 Å². The maximum absolute atomic E-state index is 12.7. The molecule has 30 heavy (non-hydrogen) atoms. The molecule has 0 fully saturated rings. The number of aromatic nitrogens is 1. The summed E-state index contributed by atoms with van der Waals surface area (Å²) in [6, 6.07) is 8.68. The minimum Gasteiger partial charge on any atom is -0.450 e. The van der Waals surface area contributed by atoms with Crippen molar-refractivity contribution in [1.82, 2.24) is 15.0 Å². The van der Waals surface area contributed by atoms with E-state index < -0.39 is 28.3 Å². The third-order valence-electron chi connectivity index (χ3n) is 3.91. The monoisotopic (exact) mass is 455 g/mol. The van der Waals surface area contributed by atoms with E-state index in [-0.39, 0.29) is 19.6 Å². The second kappa shape index (κ2) is 11.6. The van der Waals surface area contributed by atoms with Crippen molar-refractivity contribution in [3.05, 3.63) is 35.7 Å². The molecule has 0 aliphatic carbocycles. The summed E-state index contributed by atoms with van der Waals surface area (Å²) < 4.78 is 28.8. The number of thiazole rings is 1. The fourth-order valence-corrected chi connectivity index (χ4v) is 3.69. The molecule has 2 amide bonds. The van der Waals surface area contributed by atoms with Gasteiger partial charge in [-0.3, -0.25) is 4.79 Å². The maximum atomic E-state index is 12.7. The molecule has 12 heteroatoms. The molecule has 0 saturated carbocycles. The number of nitrogens with two attached hydrogens (primary N) is 1. The zero-order valence-corrected chi connectivity index (χ0v) is 18.1. The highest BCUT2D eigenvalue weighted by Crippen LogP contribution is 2.24. The smallest absolute Gasteiger partial charge is 0.407 e. The van der Waals surface area contributed by atoms with E-state index in [9.17, 15) is 18.0 Å². The van der Waals surface area contributed by atoms with Gasteiger partial charge in [-0.1, -0.05) is 30.3 Å². The molecule has 0 saturated heterocycles. The molecule has 5 N–H and O–H groups in total. The van der Waals surface area contributed by atoms with Crippen LogP contribution < -0.4 is 20.5 Å². The van der Waals surface area contributed by atoms with Gasteiger partial charge in [0.2, 0.25) is 5.91 Å². The quantitative estimate of drug-likeness (QED) is 0.379. The lowest BCUT2D eigenvalue weighted by Crippen LogP contribution is -2.44. The topological polar surface area (TPSA) is 153 Å². The van der Waals surface area contributed by atoms with Crippen molar-refractivity contribution in [2.24, 2.45) is 5.14 Å². The number of anilines is 1. The number of nitrogens with one attached hydrogen (secondary N) is 3. The molecule has 1 aromatic carbocycles. The average Bonchev–Trinajstić information content (AvgIpc) is 3.15. The Bertz CT molecular complexity index is 933. The summed E-state index contributed by atoms with van der Waals surface area (Å²) in [6.07, 6.45) is 0.498. The number of hydrogen-bond donors (Lipinski definition) is 4. The third-order valence-corrected chi connectivity index (χ3v) is 5.27. The SMILES string of the molecule is CCOC(=O)NC(CCCCNS(N)(=O)=O)C(=O)Nc1nc(-c2ccccc2)cs1. The summed E-state index contributed by atoms with van der Waals surface area (Å²) in [5, 5.41) is 12.3. The molecule has 0 bridgehead atoms. The van der Waals surface area contributed by atoms with Crippen LogP contribution in [0.15, 0.2) is 35.7 Å². The predicted molar refractivity (Wildman–Crippen MR) is 115 cm³/mol. The standard InChI is InChI=1S/C18H25N5O5S2/c1-2-28-18(25)22-14(10-6-7-11-20-30(19,26)27)16(24)23-17-21-15(12-29-17)13-8-4-3-5-9-13/h3-5,8-9,12,14,20H,2,6-7,10-11H2,1H3,(H,22,25)(H2,19,26,27)(H,21,23,24). The van der Waals surface area contributed by atoms with E-state index >= 15 is 0 Å². The van der Waals surface area contributed by atoms with Gasteiger partial charge in [-0.25, -0.2) is 19.6 Å². The minimum atomic E-state index is -3.75. The fraction of sp³-hybridized carbons (Fsp3) is 0.389. The van der Waals surface area contributed by atoms with Crippen LogP contribution in [0.1, 0.15) is 26.2 Å². The number of unbranched alkanes of at least 4 members (excludes halogenated alkanes) is 1. The van der Waals surface area contributed by atoms with Crippen molar-refractivity contribution in [1.29, 1.82) is 0 Å². The molecule has 0 spiro atoms. The second-order valence-corrected chi connectivity index (χ2v) is 8.48. The van der Waals surface area contributed by atoms with Crippen molar-refractivity contribution in [3.63, 3.8) is 0 Å². The van der Waals surface area contributed by atoms with Gasteiger partial charge in [0.15, 0.2) is 5.13 Å². The fourth-order valence-electron chi connectivity index (χ4n) is 2.54. The summed E-state index contributed by atoms with van der Waals surface area (Å²) in [4.78, 5) is 28.9. The van der Waals surface area contributed by atoms with Crippen molar-refractivity contribution in [3.8, 4) is 11.3 Å². The lowest BCUT2D eigenvalue weighted by molar-refractivity contribution is -0.118. The Hall–Kier alpha value is -2.54. The number of nitrogens with zero attached hydrogens (tertiary/aromatic N) is 1. The first-order valence-corrected chi connectivity index (χ1v) is 11.7. The molecule has 1 aromatic heterocycles. The van der Waals surface area contributed by atoms with Crippen LogP contribution in [0.3, 0.4) is 0 Å². The number of ether oxygens (including phenoxy) is 1. The Balaban J connectivity index is 1.95. The Labute approximate surface area is 179 Å². The number of benzene rings is 1. The number of rotatable bonds is 11. The highest BCUT2D eigenvalue weighted by molar-refractivity contribution is 7.87. The number of amides is 2. The molecule has 0 aliphatic rings. The number of carbonyl (C=O) groups excluding carboxylic acids is 2. The summed E-state index contributed by atoms with van der Waals surface area (Å²) in [7, 11) is -3.75. The van der Waals surface area contributed by atoms with Crippen LogP contribution in [0.4, 0.5) is 9.93 Å². The van der Waals surface area contributed by atoms with Gasteiger partial charge in [0, 0.05) is 17.5 Å². The van der Waals surface area contributed by atoms with Gasteiger partial charge < -0.3 is 15.4 Å². The zero-order chi connectivity index (χ0) is 22.0. The van der Waals surface area contributed by atoms with Crippen molar-refractivity contribution in [2.75, 3.05) is 18.5 Å². The summed E-state index contributed by atoms with van der Waals surface area (Å²) in [5.41, 5.74) is 1.66. The molecule has 10 nitrogen and oxygen atoms in total. The van der Waals surface area contributed by atoms with E-state index in [2.05, 4.69) is 20.3 Å². The van der Waals surface area contributed by atoms with Crippen LogP contribution in [0.5, 0.6) is 0 Å². The van der Waals surface area contributed by atoms with Crippen LogP contribution >= 0.6 is 11.3 Å². The Kier molecular flexibility index (Phi) is 9.17. The first-order valence-electron chi connectivity index (χ1n) is 9.31. The van der Waals surface area contributed by atoms with E-state index in [1.54, 1.807) is 6.92 Å². The van der Waals surface area contributed by atoms with Gasteiger partial charge in [-0.2, -0.15) is 8.42 Å². The van der Waals surface area contributed by atoms with Crippen LogP contribution in [0, 0.1) is 0 Å². The Morgan fingerprint density at radius 2 is 1.97 bits per heavy atom. The molecular formula is C18H25N5O5S2. The van der Waals surface area contributed by atoms with Gasteiger partial charge in [0.25, 0.3) is 10.2 Å². The average molecular weight is 456 g/mol. The second-order valence-electron chi connectivity index (χ2n) is 6.25. The van der Waals surface area contributed by atoms with E-state index in [0.29, 0.717) is 18.0 Å². The van der Waals surface area contributed by atoms with E-state index in [1.165, 1.54) is 11.3 Å². The number of hydrogen-bond acceptors (Lipinski definition) is 7. The molecule has 0 radical (unpaired) electrons. The highest BCUT2D eigenvalue weighted by atomic mass is 32.2. The van der Waals surface area contributed by atoms with Crippen LogP contribution in [-0.4, -0.2) is 44.6 Å². The molecule has 1 atom stereocenters. The summed E-state index contributed by atoms with van der Waals surface area (Å²) >= 11 is 1.28. The lowest BCUT2D eigenvalue weighted by atomic mass is 10.1. The van der Waals surface area contributed by atoms with Gasteiger partial charge in [0.05, 0.1) is 12.3 Å². The number of alkyl carbamates (subject to hydrolysis) is 1. The van der Waals surface area contributed by atoms with E-state index in [4.69, 9.17) is 9.88 Å². The lowest BCUT2D eigenvalue weighted by Gasteiger charge is -2.17. The maximum Gasteiger partial charge on any atom is 0.407 e. The Morgan fingerprint density at radius 1 is 1.23 bits per heavy atom. The van der Waals surface area contributed by atoms with Crippen LogP contribution in [0.25, 0.3) is 11.3 Å². The van der Waals surface area contributed by atoms with Gasteiger partial charge in [0.1, 0.15) is 6.04 Å². The predicted octanol–water partition coefficient (Wildman–Crippen LogP) is 1.83. The van der Waals surface area contributed by atoms with Gasteiger partial charge in [-0.15, -0.1) is 11.3 Å². The summed E-state index contributed by atoms with van der Waals surface area (Å²) in [5.74, 6) is -0.434. The molecular weight excluding hydrogens is 430 g/mol. The molecule has 0 aliphatic heterocycles. The Morgan fingerprint density at radius 3 is 2.63 bits per heavy atom. The van der Waals surface area contributed by atoms with Gasteiger partial charge >= 0.3 is 6.09 Å². The summed E-state index contributed by atoms with van der Waals surface area (Å²) in [6.45, 7) is 1.97. The minimum absolute atomic E-state index is 0.138. The molecule has 2 rings (SSSR count). The van der Waals surface area contributed by atoms with Gasteiger partial charge in [-0.05, 0) is 26.2 Å². The zero-order valence-electron chi connectivity index (χ0n) is 16.5. The first-order chi connectivity index (χ1) is 14.3. The number of carbonyl (C=O) groups is 2. The van der Waals surface area contributed by atoms with Crippen molar-refractivity contribution in [2.45, 2.75) is 32.2 Å². The molecule has 1 heterocycles. The largest absolute Gasteiger partial charge is 0.450 e. The normalized spacial score (nSPS) is 12.2. The van der Waals surface area contributed by atoms with E-state index in [0.717, 1.165) is 11.3 Å².